The Morgan fingerprint density at radius 1 is 0.951 bits per heavy atom. The van der Waals surface area contributed by atoms with Crippen molar-refractivity contribution in [2.45, 2.75) is 52.4 Å². The van der Waals surface area contributed by atoms with Crippen molar-refractivity contribution < 1.29 is 0 Å². The second kappa shape index (κ2) is 11.5. The number of imidazole rings is 1. The second-order valence-electron chi connectivity index (χ2n) is 11.1. The Morgan fingerprint density at radius 3 is 2.66 bits per heavy atom. The van der Waals surface area contributed by atoms with Crippen LogP contribution in [0.4, 0.5) is 0 Å². The van der Waals surface area contributed by atoms with Crippen molar-refractivity contribution in [1.82, 2.24) is 20.2 Å². The van der Waals surface area contributed by atoms with Gasteiger partial charge in [-0.3, -0.25) is 4.99 Å². The van der Waals surface area contributed by atoms with Crippen molar-refractivity contribution in [3.8, 4) is 0 Å². The fourth-order valence-electron chi connectivity index (χ4n) is 6.16. The number of hydrogen-bond donors (Lipinski definition) is 2. The zero-order valence-corrected chi connectivity index (χ0v) is 24.3. The number of fused-ring (bicyclic) bond motifs is 3. The van der Waals surface area contributed by atoms with Crippen molar-refractivity contribution in [3.63, 3.8) is 0 Å². The van der Waals surface area contributed by atoms with Gasteiger partial charge in [-0.2, -0.15) is 0 Å². The average molecular weight is 558 g/mol. The van der Waals surface area contributed by atoms with Crippen LogP contribution < -0.4 is 5.32 Å². The number of aromatic amines is 1. The summed E-state index contributed by atoms with van der Waals surface area (Å²) in [7, 11) is 0. The molecule has 3 aromatic carbocycles. The lowest BCUT2D eigenvalue weighted by Gasteiger charge is -2.34. The summed E-state index contributed by atoms with van der Waals surface area (Å²) < 4.78 is 1.37. The standard InChI is InChI=1S/C35H35N5S/c1-24-28-10-2-5-14-32(28)41-33(24)21-36-20-25-15-17-26(18-16-25)22-40(23-34-38-29-11-3-4-12-30(29)39-34)31-13-6-8-27-9-7-19-37-35(27)31/h2-5,7,9-12,14-19,27,36H,6,8,13,20-23H2,1H3,(H,38,39). The van der Waals surface area contributed by atoms with Crippen LogP contribution in [0.5, 0.6) is 0 Å². The third-order valence-corrected chi connectivity index (χ3v) is 9.61. The Kier molecular flexibility index (Phi) is 7.26. The fourth-order valence-corrected chi connectivity index (χ4v) is 7.34. The van der Waals surface area contributed by atoms with Gasteiger partial charge in [0.25, 0.3) is 0 Å². The van der Waals surface area contributed by atoms with Gasteiger partial charge < -0.3 is 15.2 Å². The lowest BCUT2D eigenvalue weighted by atomic mass is 9.88. The van der Waals surface area contributed by atoms with Crippen LogP contribution in [0, 0.1) is 12.8 Å². The molecule has 1 aliphatic heterocycles. The molecule has 1 unspecified atom stereocenters. The molecule has 7 rings (SSSR count). The van der Waals surface area contributed by atoms with E-state index in [-0.39, 0.29) is 0 Å². The van der Waals surface area contributed by atoms with Crippen molar-refractivity contribution >= 4 is 38.7 Å². The van der Waals surface area contributed by atoms with Gasteiger partial charge in [0.1, 0.15) is 5.82 Å². The molecular formula is C35H35N5S. The molecule has 41 heavy (non-hydrogen) atoms. The van der Waals surface area contributed by atoms with Crippen molar-refractivity contribution in [1.29, 1.82) is 0 Å². The summed E-state index contributed by atoms with van der Waals surface area (Å²) in [5.41, 5.74) is 8.69. The first-order chi connectivity index (χ1) is 20.2. The minimum absolute atomic E-state index is 0.417. The molecule has 1 aliphatic carbocycles. The molecule has 5 aromatic rings. The highest BCUT2D eigenvalue weighted by Crippen LogP contribution is 2.36. The van der Waals surface area contributed by atoms with Gasteiger partial charge in [0.2, 0.25) is 0 Å². The van der Waals surface area contributed by atoms with E-state index in [1.807, 2.05) is 23.6 Å². The van der Waals surface area contributed by atoms with E-state index in [4.69, 9.17) is 9.98 Å². The molecule has 0 saturated heterocycles. The van der Waals surface area contributed by atoms with Crippen molar-refractivity contribution in [2.24, 2.45) is 10.9 Å². The van der Waals surface area contributed by atoms with Crippen molar-refractivity contribution in [2.75, 3.05) is 0 Å². The third kappa shape index (κ3) is 5.50. The first kappa shape index (κ1) is 25.9. The van der Waals surface area contributed by atoms with E-state index in [0.29, 0.717) is 5.92 Å². The maximum atomic E-state index is 4.91. The quantitative estimate of drug-likeness (QED) is 0.193. The lowest BCUT2D eigenvalue weighted by molar-refractivity contribution is 0.289. The number of benzene rings is 3. The molecule has 6 heteroatoms. The average Bonchev–Trinajstić information content (AvgIpc) is 3.57. The summed E-state index contributed by atoms with van der Waals surface area (Å²) in [6.45, 7) is 5.55. The number of allylic oxidation sites excluding steroid dienone is 3. The van der Waals surface area contributed by atoms with Gasteiger partial charge in [-0.15, -0.1) is 11.3 Å². The number of rotatable bonds is 9. The number of aromatic nitrogens is 2. The number of dihydropyridines is 1. The summed E-state index contributed by atoms with van der Waals surface area (Å²) in [6, 6.07) is 26.1. The van der Waals surface area contributed by atoms with Crippen LogP contribution in [0.15, 0.2) is 101 Å². The summed E-state index contributed by atoms with van der Waals surface area (Å²) in [5.74, 6) is 1.41. The van der Waals surface area contributed by atoms with E-state index in [2.05, 4.69) is 101 Å². The zero-order chi connectivity index (χ0) is 27.6. The smallest absolute Gasteiger partial charge is 0.126 e. The zero-order valence-electron chi connectivity index (χ0n) is 23.4. The molecule has 0 saturated carbocycles. The van der Waals surface area contributed by atoms with Crippen LogP contribution in [-0.4, -0.2) is 21.1 Å². The Balaban J connectivity index is 1.07. The Morgan fingerprint density at radius 2 is 1.78 bits per heavy atom. The van der Waals surface area contributed by atoms with E-state index in [1.54, 1.807) is 0 Å². The van der Waals surface area contributed by atoms with Gasteiger partial charge in [0, 0.05) is 47.0 Å². The topological polar surface area (TPSA) is 56.3 Å². The first-order valence-electron chi connectivity index (χ1n) is 14.6. The lowest BCUT2D eigenvalue weighted by Crippen LogP contribution is -2.28. The summed E-state index contributed by atoms with van der Waals surface area (Å²) in [5, 5.41) is 5.04. The first-order valence-corrected chi connectivity index (χ1v) is 15.4. The number of para-hydroxylation sites is 2. The molecule has 1 atom stereocenters. The highest BCUT2D eigenvalue weighted by atomic mass is 32.1. The second-order valence-corrected chi connectivity index (χ2v) is 12.3. The van der Waals surface area contributed by atoms with Gasteiger partial charge in [-0.25, -0.2) is 4.98 Å². The molecule has 2 N–H and O–H groups in total. The number of H-pyrrole nitrogens is 1. The van der Waals surface area contributed by atoms with Gasteiger partial charge in [-0.05, 0) is 72.5 Å². The molecule has 0 bridgehead atoms. The molecule has 5 nitrogen and oxygen atoms in total. The molecule has 206 valence electrons. The normalized spacial score (nSPS) is 16.6. The molecule has 3 heterocycles. The number of thiophene rings is 1. The van der Waals surface area contributed by atoms with E-state index in [9.17, 15) is 0 Å². The van der Waals surface area contributed by atoms with Crippen molar-refractivity contribution in [3.05, 3.63) is 124 Å². The number of aryl methyl sites for hydroxylation is 1. The number of nitrogens with one attached hydrogen (secondary N) is 2. The van der Waals surface area contributed by atoms with Crippen LogP contribution in [0.3, 0.4) is 0 Å². The Hall–Kier alpha value is -4.00. The minimum Gasteiger partial charge on any atom is -0.362 e. The molecule has 0 amide bonds. The molecule has 2 aromatic heterocycles. The van der Waals surface area contributed by atoms with E-state index in [0.717, 1.165) is 49.5 Å². The fraction of sp³-hybridized carbons (Fsp3) is 0.257. The van der Waals surface area contributed by atoms with Crippen LogP contribution >= 0.6 is 11.3 Å². The molecule has 0 spiro atoms. The molecule has 0 fully saturated rings. The Bertz CT molecular complexity index is 1740. The Labute approximate surface area is 245 Å². The molecule has 2 aliphatic rings. The maximum Gasteiger partial charge on any atom is 0.126 e. The predicted octanol–water partition coefficient (Wildman–Crippen LogP) is 8.03. The number of nitrogens with zero attached hydrogens (tertiary/aromatic N) is 3. The van der Waals surface area contributed by atoms with Crippen LogP contribution in [-0.2, 0) is 26.2 Å². The van der Waals surface area contributed by atoms with Crippen LogP contribution in [0.25, 0.3) is 21.1 Å². The molecule has 0 radical (unpaired) electrons. The number of aliphatic imine (C=N–C) groups is 1. The highest BCUT2D eigenvalue weighted by molar-refractivity contribution is 7.19. The minimum atomic E-state index is 0.417. The van der Waals surface area contributed by atoms with Gasteiger partial charge in [0.15, 0.2) is 0 Å². The highest BCUT2D eigenvalue weighted by Gasteiger charge is 2.26. The SMILES string of the molecule is Cc1c(CNCc2ccc(CN(Cc3nc4ccccc4[nH]3)C3=C4N=CC=CC4CCC3)cc2)sc2ccccc12. The van der Waals surface area contributed by atoms with E-state index < -0.39 is 0 Å². The molecular weight excluding hydrogens is 522 g/mol. The van der Waals surface area contributed by atoms with Crippen LogP contribution in [0.1, 0.15) is 46.7 Å². The van der Waals surface area contributed by atoms with Crippen LogP contribution in [0.2, 0.25) is 0 Å². The largest absolute Gasteiger partial charge is 0.362 e. The van der Waals surface area contributed by atoms with Gasteiger partial charge in [0.05, 0.1) is 23.3 Å². The van der Waals surface area contributed by atoms with Gasteiger partial charge in [-0.1, -0.05) is 60.7 Å². The summed E-state index contributed by atoms with van der Waals surface area (Å²) in [6.07, 6.45) is 9.76. The third-order valence-electron chi connectivity index (χ3n) is 8.33. The van der Waals surface area contributed by atoms with E-state index >= 15 is 0 Å². The maximum absolute atomic E-state index is 4.91. The monoisotopic (exact) mass is 557 g/mol. The summed E-state index contributed by atoms with van der Waals surface area (Å²) >= 11 is 1.90. The van der Waals surface area contributed by atoms with Gasteiger partial charge >= 0.3 is 0 Å². The van der Waals surface area contributed by atoms with E-state index in [1.165, 1.54) is 55.9 Å². The predicted molar refractivity (Wildman–Crippen MR) is 171 cm³/mol. The number of hydrogen-bond acceptors (Lipinski definition) is 5. The summed E-state index contributed by atoms with van der Waals surface area (Å²) in [4.78, 5) is 17.2.